The van der Waals surface area contributed by atoms with Crippen LogP contribution in [0.15, 0.2) is 154 Å². The summed E-state index contributed by atoms with van der Waals surface area (Å²) in [5.74, 6) is 0. The molecule has 0 bridgehead atoms. The number of thiocarbonyl (C=S) groups is 1. The van der Waals surface area contributed by atoms with Crippen molar-refractivity contribution < 1.29 is 0 Å². The number of hydrazone groups is 1. The molecule has 2 aliphatic heterocycles. The molecule has 0 saturated carbocycles. The maximum Gasteiger partial charge on any atom is 0.211 e. The summed E-state index contributed by atoms with van der Waals surface area (Å²) in [7, 11) is 0. The van der Waals surface area contributed by atoms with Crippen LogP contribution < -0.4 is 15.0 Å². The molecule has 1 saturated heterocycles. The molecular weight excluding hydrogens is 658 g/mol. The first-order chi connectivity index (χ1) is 20.1. The Morgan fingerprint density at radius 1 is 0.561 bits per heavy atom. The van der Waals surface area contributed by atoms with E-state index in [4.69, 9.17) is 17.3 Å². The Labute approximate surface area is 261 Å². The van der Waals surface area contributed by atoms with Crippen LogP contribution in [0, 0.1) is 0 Å². The molecule has 0 N–H and O–H groups in total. The average Bonchev–Trinajstić information content (AvgIpc) is 3.49. The number of hydrazine groups is 2. The van der Waals surface area contributed by atoms with Crippen molar-refractivity contribution in [1.29, 1.82) is 0 Å². The van der Waals surface area contributed by atoms with Crippen molar-refractivity contribution in [2.45, 2.75) is 5.66 Å². The molecule has 0 aliphatic carbocycles. The highest BCUT2D eigenvalue weighted by Crippen LogP contribution is 2.52. The maximum absolute atomic E-state index is 6.42. The van der Waals surface area contributed by atoms with Crippen LogP contribution in [0.25, 0.3) is 0 Å². The normalized spacial score (nSPS) is 18.5. The van der Waals surface area contributed by atoms with E-state index in [-0.39, 0.29) is 0 Å². The summed E-state index contributed by atoms with van der Waals surface area (Å²) in [6.07, 6.45) is 0. The van der Waals surface area contributed by atoms with Crippen LogP contribution in [-0.2, 0) is 5.66 Å². The van der Waals surface area contributed by atoms with E-state index < -0.39 is 5.66 Å². The van der Waals surface area contributed by atoms with Crippen LogP contribution in [0.1, 0.15) is 11.1 Å². The van der Waals surface area contributed by atoms with Crippen LogP contribution in [0.4, 0.5) is 17.1 Å². The first-order valence-corrected chi connectivity index (χ1v) is 15.1. The number of anilines is 3. The standard InChI is InChI=1S/C33H23Br2N5S/c34-26-16-20-29(21-17-26)38-32(41)37(28-14-8-3-9-15-28)33(25-12-6-2-7-13-25)31(24-10-4-1-5-11-24)36-39(40(33)38)30-22-18-27(35)19-23-30/h1-23H. The Morgan fingerprint density at radius 2 is 1.07 bits per heavy atom. The minimum Gasteiger partial charge on any atom is -0.285 e. The number of para-hydroxylation sites is 1. The molecule has 0 radical (unpaired) electrons. The van der Waals surface area contributed by atoms with E-state index in [0.717, 1.165) is 42.8 Å². The number of halogens is 2. The molecule has 2 aliphatic rings. The lowest BCUT2D eigenvalue weighted by Crippen LogP contribution is -2.58. The van der Waals surface area contributed by atoms with E-state index in [1.807, 2.05) is 59.7 Å². The Balaban J connectivity index is 1.59. The summed E-state index contributed by atoms with van der Waals surface area (Å²) >= 11 is 13.6. The molecule has 41 heavy (non-hydrogen) atoms. The maximum atomic E-state index is 6.42. The van der Waals surface area contributed by atoms with Crippen molar-refractivity contribution in [3.8, 4) is 0 Å². The smallest absolute Gasteiger partial charge is 0.211 e. The van der Waals surface area contributed by atoms with Gasteiger partial charge in [-0.05, 0) is 72.9 Å². The Hall–Kier alpha value is -3.82. The van der Waals surface area contributed by atoms with Gasteiger partial charge in [-0.25, -0.2) is 5.01 Å². The summed E-state index contributed by atoms with van der Waals surface area (Å²) in [4.78, 5) is 2.23. The first-order valence-electron chi connectivity index (χ1n) is 13.1. The van der Waals surface area contributed by atoms with Gasteiger partial charge in [-0.3, -0.25) is 4.90 Å². The highest BCUT2D eigenvalue weighted by atomic mass is 79.9. The van der Waals surface area contributed by atoms with Gasteiger partial charge in [0.15, 0.2) is 5.11 Å². The fourth-order valence-corrected chi connectivity index (χ4v) is 6.45. The van der Waals surface area contributed by atoms with E-state index >= 15 is 0 Å². The van der Waals surface area contributed by atoms with Crippen molar-refractivity contribution in [1.82, 2.24) is 5.12 Å². The second-order valence-electron chi connectivity index (χ2n) is 9.65. The third-order valence-corrected chi connectivity index (χ3v) is 8.66. The molecule has 5 aromatic rings. The first kappa shape index (κ1) is 26.1. The predicted octanol–water partition coefficient (Wildman–Crippen LogP) is 8.73. The number of hydrogen-bond donors (Lipinski definition) is 0. The van der Waals surface area contributed by atoms with Gasteiger partial charge in [-0.1, -0.05) is 116 Å². The zero-order valence-electron chi connectivity index (χ0n) is 21.7. The fraction of sp³-hybridized carbons (Fsp3) is 0.0303. The molecule has 5 aromatic carbocycles. The number of hydrogen-bond acceptors (Lipinski definition) is 4. The number of fused-ring (bicyclic) bond motifs is 1. The van der Waals surface area contributed by atoms with Crippen LogP contribution in [-0.4, -0.2) is 15.9 Å². The lowest BCUT2D eigenvalue weighted by Gasteiger charge is -2.41. The molecule has 0 amide bonds. The minimum absolute atomic E-state index is 0.632. The molecule has 5 nitrogen and oxygen atoms in total. The summed E-state index contributed by atoms with van der Waals surface area (Å²) in [5, 5.41) is 12.3. The van der Waals surface area contributed by atoms with Crippen molar-refractivity contribution in [2.75, 3.05) is 15.0 Å². The highest BCUT2D eigenvalue weighted by Gasteiger charge is 2.65. The number of rotatable bonds is 5. The molecule has 200 valence electrons. The molecule has 0 aromatic heterocycles. The zero-order chi connectivity index (χ0) is 28.0. The van der Waals surface area contributed by atoms with E-state index in [2.05, 4.69) is 132 Å². The zero-order valence-corrected chi connectivity index (χ0v) is 25.7. The topological polar surface area (TPSA) is 25.3 Å². The molecular formula is C33H23Br2N5S. The second kappa shape index (κ2) is 10.5. The third kappa shape index (κ3) is 4.21. The predicted molar refractivity (Wildman–Crippen MR) is 178 cm³/mol. The lowest BCUT2D eigenvalue weighted by molar-refractivity contribution is 0.195. The third-order valence-electron chi connectivity index (χ3n) is 7.25. The SMILES string of the molecule is S=C1N(c2ccc(Br)cc2)N2N(c3ccc(Br)cc3)N=C(c3ccccc3)C2(c2ccccc2)N1c1ccccc1. The molecule has 1 unspecified atom stereocenters. The molecule has 1 atom stereocenters. The lowest BCUT2D eigenvalue weighted by atomic mass is 9.88. The van der Waals surface area contributed by atoms with Gasteiger partial charge in [-0.2, -0.15) is 10.2 Å². The quantitative estimate of drug-likeness (QED) is 0.173. The van der Waals surface area contributed by atoms with Gasteiger partial charge in [0, 0.05) is 25.8 Å². The van der Waals surface area contributed by atoms with Crippen LogP contribution in [0.5, 0.6) is 0 Å². The number of benzene rings is 5. The van der Waals surface area contributed by atoms with Crippen LogP contribution in [0.2, 0.25) is 0 Å². The molecule has 1 fully saturated rings. The van der Waals surface area contributed by atoms with Gasteiger partial charge in [0.2, 0.25) is 5.66 Å². The van der Waals surface area contributed by atoms with Gasteiger partial charge in [0.05, 0.1) is 11.4 Å². The fourth-order valence-electron chi connectivity index (χ4n) is 5.50. The van der Waals surface area contributed by atoms with Crippen LogP contribution in [0.3, 0.4) is 0 Å². The summed E-state index contributed by atoms with van der Waals surface area (Å²) in [5.41, 5.74) is 4.74. The van der Waals surface area contributed by atoms with Gasteiger partial charge in [0.25, 0.3) is 0 Å². The van der Waals surface area contributed by atoms with E-state index in [9.17, 15) is 0 Å². The van der Waals surface area contributed by atoms with E-state index in [1.54, 1.807) is 0 Å². The Morgan fingerprint density at radius 3 is 1.66 bits per heavy atom. The van der Waals surface area contributed by atoms with E-state index in [1.165, 1.54) is 0 Å². The Bertz CT molecular complexity index is 1730. The molecule has 7 rings (SSSR count). The summed E-state index contributed by atoms with van der Waals surface area (Å²) in [6.45, 7) is 0. The molecule has 8 heteroatoms. The highest BCUT2D eigenvalue weighted by molar-refractivity contribution is 9.10. The van der Waals surface area contributed by atoms with Crippen molar-refractivity contribution in [2.24, 2.45) is 5.10 Å². The Kier molecular flexibility index (Phi) is 6.71. The van der Waals surface area contributed by atoms with E-state index in [0.29, 0.717) is 5.11 Å². The molecule has 2 heterocycles. The number of nitrogens with zero attached hydrogens (tertiary/aromatic N) is 5. The molecule has 0 spiro atoms. The van der Waals surface area contributed by atoms with Gasteiger partial charge in [-0.15, -0.1) is 0 Å². The van der Waals surface area contributed by atoms with Gasteiger partial charge >= 0.3 is 0 Å². The summed E-state index contributed by atoms with van der Waals surface area (Å²) < 4.78 is 1.99. The van der Waals surface area contributed by atoms with Gasteiger partial charge < -0.3 is 0 Å². The van der Waals surface area contributed by atoms with Crippen LogP contribution >= 0.6 is 44.1 Å². The average molecular weight is 681 g/mol. The minimum atomic E-state index is -0.943. The van der Waals surface area contributed by atoms with Crippen molar-refractivity contribution >= 4 is 72.0 Å². The largest absolute Gasteiger partial charge is 0.285 e. The van der Waals surface area contributed by atoms with Crippen molar-refractivity contribution in [3.63, 3.8) is 0 Å². The monoisotopic (exact) mass is 679 g/mol. The second-order valence-corrected chi connectivity index (χ2v) is 11.8. The van der Waals surface area contributed by atoms with Crippen molar-refractivity contribution in [3.05, 3.63) is 160 Å². The summed E-state index contributed by atoms with van der Waals surface area (Å²) in [6, 6.07) is 47.6. The van der Waals surface area contributed by atoms with Gasteiger partial charge in [0.1, 0.15) is 5.71 Å².